The van der Waals surface area contributed by atoms with Crippen LogP contribution in [0.3, 0.4) is 0 Å². The maximum atomic E-state index is 12.9. The number of phosphoric ester groups is 2. The molecule has 0 amide bonds. The average Bonchev–Trinajstić information content (AvgIpc) is 1.56. The zero-order chi connectivity index (χ0) is 70.9. The molecule has 0 fully saturated rings. The van der Waals surface area contributed by atoms with E-state index in [0.717, 1.165) is 161 Å². The van der Waals surface area contributed by atoms with Crippen LogP contribution < -0.4 is 0 Å². The van der Waals surface area contributed by atoms with Gasteiger partial charge in [-0.1, -0.05) is 296 Å². The number of rotatable bonds is 71. The number of ether oxygens (including phenoxy) is 3. The summed E-state index contributed by atoms with van der Waals surface area (Å²) in [4.78, 5) is 58.5. The van der Waals surface area contributed by atoms with E-state index in [2.05, 4.69) is 142 Å². The minimum Gasteiger partial charge on any atom is -0.463 e. The molecule has 0 aliphatic rings. The van der Waals surface area contributed by atoms with Gasteiger partial charge < -0.3 is 34.2 Å². The second-order valence-electron chi connectivity index (χ2n) is 25.0. The van der Waals surface area contributed by atoms with E-state index in [1.165, 1.54) is 83.5 Å². The van der Waals surface area contributed by atoms with E-state index in [-0.39, 0.29) is 19.3 Å². The molecule has 0 aromatic carbocycles. The number of allylic oxidation sites excluding steroid dienone is 20. The van der Waals surface area contributed by atoms with Crippen LogP contribution in [-0.2, 0) is 55.8 Å². The summed E-state index contributed by atoms with van der Waals surface area (Å²) >= 11 is 0. The summed E-state index contributed by atoms with van der Waals surface area (Å²) in [7, 11) is -9.78. The number of aliphatic hydroxyl groups excluding tert-OH is 2. The molecule has 0 bridgehead atoms. The first-order valence-corrected chi connectivity index (χ1v) is 40.8. The van der Waals surface area contributed by atoms with Gasteiger partial charge in [0.15, 0.2) is 6.10 Å². The van der Waals surface area contributed by atoms with Crippen molar-refractivity contribution in [1.29, 1.82) is 0 Å². The molecule has 558 valence electrons. The average molecular weight is 1400 g/mol. The molecule has 0 saturated carbocycles. The summed E-state index contributed by atoms with van der Waals surface area (Å²) < 4.78 is 61.0. The van der Waals surface area contributed by atoms with Gasteiger partial charge in [0.25, 0.3) is 0 Å². The second-order valence-corrected chi connectivity index (χ2v) is 28.0. The first kappa shape index (κ1) is 93.0. The molecule has 5 unspecified atom stereocenters. The fraction of sp³-hybridized carbons (Fsp3) is 0.709. The fourth-order valence-corrected chi connectivity index (χ4v) is 11.6. The Morgan fingerprint density at radius 3 is 0.866 bits per heavy atom. The Morgan fingerprint density at radius 1 is 0.299 bits per heavy atom. The van der Waals surface area contributed by atoms with Crippen LogP contribution in [0, 0.1) is 0 Å². The Balaban J connectivity index is 4.49. The molecule has 0 rings (SSSR count). The van der Waals surface area contributed by atoms with Crippen molar-refractivity contribution in [2.75, 3.05) is 39.6 Å². The Bertz CT molecular complexity index is 2250. The zero-order valence-corrected chi connectivity index (χ0v) is 62.5. The maximum Gasteiger partial charge on any atom is 0.472 e. The van der Waals surface area contributed by atoms with Gasteiger partial charge in [-0.3, -0.25) is 32.5 Å². The second kappa shape index (κ2) is 71.8. The molecule has 0 radical (unpaired) electrons. The van der Waals surface area contributed by atoms with Crippen LogP contribution in [0.4, 0.5) is 0 Å². The van der Waals surface area contributed by atoms with E-state index in [0.29, 0.717) is 19.3 Å². The van der Waals surface area contributed by atoms with E-state index >= 15 is 0 Å². The Labute approximate surface area is 589 Å². The maximum absolute atomic E-state index is 12.9. The predicted octanol–water partition coefficient (Wildman–Crippen LogP) is 21.8. The largest absolute Gasteiger partial charge is 0.472 e. The highest BCUT2D eigenvalue weighted by atomic mass is 31.2. The third-order valence-corrected chi connectivity index (χ3v) is 17.6. The molecule has 0 spiro atoms. The quantitative estimate of drug-likeness (QED) is 0.0146. The Morgan fingerprint density at radius 2 is 0.546 bits per heavy atom. The van der Waals surface area contributed by atoms with Gasteiger partial charge in [0, 0.05) is 19.3 Å². The van der Waals surface area contributed by atoms with E-state index < -0.39 is 91.5 Å². The molecule has 4 N–H and O–H groups in total. The number of carbonyl (C=O) groups is 3. The summed E-state index contributed by atoms with van der Waals surface area (Å²) in [5.41, 5.74) is 0. The summed E-state index contributed by atoms with van der Waals surface area (Å²) in [6.45, 7) is 2.44. The summed E-state index contributed by atoms with van der Waals surface area (Å²) in [5, 5.41) is 20.6. The van der Waals surface area contributed by atoms with Gasteiger partial charge in [0.05, 0.1) is 26.4 Å². The van der Waals surface area contributed by atoms with Crippen molar-refractivity contribution in [2.24, 2.45) is 0 Å². The molecule has 16 nitrogen and oxygen atoms in total. The van der Waals surface area contributed by atoms with Gasteiger partial charge in [0.2, 0.25) is 0 Å². The number of carbonyl (C=O) groups excluding carboxylic acids is 3. The van der Waals surface area contributed by atoms with Crippen molar-refractivity contribution in [2.45, 2.75) is 322 Å². The fourth-order valence-electron chi connectivity index (χ4n) is 9.98. The first-order valence-electron chi connectivity index (χ1n) is 37.8. The number of unbranched alkanes of at least 4 members (excludes halogenated alkanes) is 28. The molecule has 97 heavy (non-hydrogen) atoms. The number of hydrogen-bond donors (Lipinski definition) is 4. The van der Waals surface area contributed by atoms with Crippen LogP contribution in [0.25, 0.3) is 0 Å². The lowest BCUT2D eigenvalue weighted by Gasteiger charge is -2.21. The molecule has 0 aromatic rings. The molecule has 0 aliphatic carbocycles. The number of esters is 3. The molecule has 0 heterocycles. The molecule has 0 saturated heterocycles. The third-order valence-electron chi connectivity index (χ3n) is 15.7. The van der Waals surface area contributed by atoms with Crippen LogP contribution in [0.1, 0.15) is 303 Å². The molecular formula is C79H136O16P2. The SMILES string of the molecule is CC/C=C\C/C=C\C/C=C\C/C=C\C/C=C\CCCCCCCCCCCCCC(=O)OCC(O)COP(=O)(O)OCC(O)COP(=O)(O)OCC(COC(=O)CCCCCCCCC/C=C\C/C=C\C/C=C\C/C=C\C/C=C\CC)OC(=O)CCCCCCCCCCCCC. The lowest BCUT2D eigenvalue weighted by atomic mass is 10.0. The van der Waals surface area contributed by atoms with E-state index in [4.69, 9.17) is 32.3 Å². The predicted molar refractivity (Wildman–Crippen MR) is 399 cm³/mol. The minimum atomic E-state index is -4.93. The lowest BCUT2D eigenvalue weighted by molar-refractivity contribution is -0.161. The molecule has 0 aromatic heterocycles. The van der Waals surface area contributed by atoms with Crippen molar-refractivity contribution >= 4 is 33.6 Å². The smallest absolute Gasteiger partial charge is 0.463 e. The number of hydrogen-bond acceptors (Lipinski definition) is 14. The topological polar surface area (TPSA) is 231 Å². The normalized spacial score (nSPS) is 14.8. The van der Waals surface area contributed by atoms with Gasteiger partial charge in [0.1, 0.15) is 25.4 Å². The Kier molecular flexibility index (Phi) is 68.8. The van der Waals surface area contributed by atoms with Crippen molar-refractivity contribution in [3.63, 3.8) is 0 Å². The van der Waals surface area contributed by atoms with Gasteiger partial charge in [-0.25, -0.2) is 9.13 Å². The summed E-state index contributed by atoms with van der Waals surface area (Å²) in [6, 6.07) is 0. The standard InChI is InChI=1S/C79H136O16P2/c1-4-7-10-13-16-19-22-24-26-28-30-32-34-35-36-37-39-41-42-44-46-48-51-53-56-59-62-65-77(82)89-68-74(80)69-91-96(85,86)92-70-75(81)71-93-97(87,88)94-73-76(95-79(84)67-64-61-58-55-50-21-18-15-12-9-6-3)72-90-78(83)66-63-60-57-54-52-49-47-45-43-40-38-33-31-29-27-25-23-20-17-14-11-8-5-2/h7-8,10-11,16-17,19-20,24-27,30-33,35-36,40,43,74-76,80-81H,4-6,9,12-15,18,21-23,28-29,34,37-39,41-42,44-73H2,1-3H3,(H,85,86)(H,87,88)/b10-7-,11-8-,19-16-,20-17-,26-24-,27-25-,32-30-,33-31-,36-35-,43-40-. The van der Waals surface area contributed by atoms with Crippen molar-refractivity contribution in [3.05, 3.63) is 122 Å². The molecule has 5 atom stereocenters. The zero-order valence-electron chi connectivity index (χ0n) is 60.7. The highest BCUT2D eigenvalue weighted by molar-refractivity contribution is 7.47. The van der Waals surface area contributed by atoms with Gasteiger partial charge in [-0.2, -0.15) is 0 Å². The monoisotopic (exact) mass is 1400 g/mol. The van der Waals surface area contributed by atoms with E-state index in [1.54, 1.807) is 0 Å². The van der Waals surface area contributed by atoms with Crippen LogP contribution in [-0.4, -0.2) is 95.9 Å². The van der Waals surface area contributed by atoms with Crippen LogP contribution in [0.15, 0.2) is 122 Å². The van der Waals surface area contributed by atoms with Crippen LogP contribution in [0.2, 0.25) is 0 Å². The summed E-state index contributed by atoms with van der Waals surface area (Å²) in [6.07, 6.45) is 84.0. The minimum absolute atomic E-state index is 0.103. The van der Waals surface area contributed by atoms with Gasteiger partial charge >= 0.3 is 33.6 Å². The van der Waals surface area contributed by atoms with Crippen molar-refractivity contribution in [3.8, 4) is 0 Å². The lowest BCUT2D eigenvalue weighted by Crippen LogP contribution is -2.30. The molecular weight excluding hydrogens is 1270 g/mol. The van der Waals surface area contributed by atoms with Gasteiger partial charge in [-0.15, -0.1) is 0 Å². The summed E-state index contributed by atoms with van der Waals surface area (Å²) in [5.74, 6) is -1.59. The third kappa shape index (κ3) is 73.0. The number of aliphatic hydroxyl groups is 2. The van der Waals surface area contributed by atoms with E-state index in [1.807, 2.05) is 0 Å². The van der Waals surface area contributed by atoms with Crippen LogP contribution in [0.5, 0.6) is 0 Å². The highest BCUT2D eigenvalue weighted by Gasteiger charge is 2.29. The molecule has 0 aliphatic heterocycles. The first-order chi connectivity index (χ1) is 47.2. The number of phosphoric acid groups is 2. The van der Waals surface area contributed by atoms with Gasteiger partial charge in [-0.05, 0) is 109 Å². The van der Waals surface area contributed by atoms with Crippen LogP contribution >= 0.6 is 15.6 Å². The highest BCUT2D eigenvalue weighted by Crippen LogP contribution is 2.45. The van der Waals surface area contributed by atoms with Crippen molar-refractivity contribution in [1.82, 2.24) is 0 Å². The van der Waals surface area contributed by atoms with E-state index in [9.17, 15) is 43.5 Å². The molecule has 18 heteroatoms. The Hall–Kier alpha value is -4.05. The van der Waals surface area contributed by atoms with Crippen molar-refractivity contribution < 1.29 is 75.8 Å².